The maximum atomic E-state index is 15.1. The fourth-order valence-electron chi connectivity index (χ4n) is 6.94. The highest BCUT2D eigenvalue weighted by Crippen LogP contribution is 2.41. The van der Waals surface area contributed by atoms with Crippen LogP contribution in [0.15, 0.2) is 30.3 Å². The van der Waals surface area contributed by atoms with E-state index in [9.17, 15) is 22.0 Å². The molecule has 3 aliphatic rings. The number of alkyl halides is 2. The summed E-state index contributed by atoms with van der Waals surface area (Å²) in [5, 5.41) is 0. The predicted molar refractivity (Wildman–Crippen MR) is 157 cm³/mol. The third kappa shape index (κ3) is 8.95. The summed E-state index contributed by atoms with van der Waals surface area (Å²) in [6, 6.07) is 6.09. The van der Waals surface area contributed by atoms with E-state index < -0.39 is 35.2 Å². The molecule has 2 saturated carbocycles. The molecule has 2 aromatic rings. The van der Waals surface area contributed by atoms with Crippen LogP contribution < -0.4 is 4.74 Å². The van der Waals surface area contributed by atoms with E-state index in [1.54, 1.807) is 12.1 Å². The lowest BCUT2D eigenvalue weighted by molar-refractivity contribution is -0.229. The lowest BCUT2D eigenvalue weighted by atomic mass is 9.78. The Bertz CT molecular complexity index is 1210. The Morgan fingerprint density at radius 1 is 0.800 bits per heavy atom. The molecule has 0 bridgehead atoms. The molecule has 5 rings (SSSR count). The number of ether oxygens (including phenoxy) is 4. The van der Waals surface area contributed by atoms with E-state index in [-0.39, 0.29) is 43.6 Å². The topological polar surface area (TPSA) is 36.9 Å². The molecule has 2 aliphatic carbocycles. The summed E-state index contributed by atoms with van der Waals surface area (Å²) in [6.45, 7) is 3.78. The molecule has 1 saturated heterocycles. The van der Waals surface area contributed by atoms with Gasteiger partial charge < -0.3 is 18.9 Å². The lowest BCUT2D eigenvalue weighted by Gasteiger charge is -2.37. The molecule has 250 valence electrons. The van der Waals surface area contributed by atoms with Crippen LogP contribution in [0.2, 0.25) is 0 Å². The molecular weight excluding hydrogens is 598 g/mol. The molecule has 0 atom stereocenters. The van der Waals surface area contributed by atoms with Gasteiger partial charge in [0.25, 0.3) is 0 Å². The molecule has 0 spiro atoms. The molecule has 0 unspecified atom stereocenters. The second kappa shape index (κ2) is 15.5. The van der Waals surface area contributed by atoms with E-state index in [1.807, 2.05) is 6.07 Å². The first-order valence-corrected chi connectivity index (χ1v) is 16.5. The normalized spacial score (nSPS) is 27.8. The quantitative estimate of drug-likeness (QED) is 0.131. The highest BCUT2D eigenvalue weighted by molar-refractivity contribution is 5.27. The predicted octanol–water partition coefficient (Wildman–Crippen LogP) is 9.83. The van der Waals surface area contributed by atoms with Gasteiger partial charge in [0.15, 0.2) is 23.7 Å². The molecule has 0 amide bonds. The molecule has 4 nitrogen and oxygen atoms in total. The van der Waals surface area contributed by atoms with Crippen molar-refractivity contribution < 1.29 is 45.3 Å². The lowest BCUT2D eigenvalue weighted by Crippen LogP contribution is -2.38. The minimum absolute atomic E-state index is 0.0327. The molecule has 45 heavy (non-hydrogen) atoms. The minimum Gasteiger partial charge on any atom is -0.432 e. The maximum absolute atomic E-state index is 15.1. The summed E-state index contributed by atoms with van der Waals surface area (Å²) in [6.07, 6.45) is 5.22. The van der Waals surface area contributed by atoms with Gasteiger partial charge in [-0.3, -0.25) is 0 Å². The van der Waals surface area contributed by atoms with Crippen molar-refractivity contribution in [1.82, 2.24) is 0 Å². The summed E-state index contributed by atoms with van der Waals surface area (Å²) in [4.78, 5) is 0. The van der Waals surface area contributed by atoms with E-state index in [0.29, 0.717) is 42.4 Å². The second-order valence-corrected chi connectivity index (χ2v) is 13.0. The Kier molecular flexibility index (Phi) is 11.7. The first-order chi connectivity index (χ1) is 21.6. The van der Waals surface area contributed by atoms with Crippen LogP contribution >= 0.6 is 0 Å². The van der Waals surface area contributed by atoms with Crippen molar-refractivity contribution in [1.29, 1.82) is 0 Å². The minimum atomic E-state index is -3.70. The molecular formula is C35H44F6O4. The zero-order valence-corrected chi connectivity index (χ0v) is 25.9. The number of unbranched alkanes of at least 4 members (excludes halogenated alkanes) is 2. The van der Waals surface area contributed by atoms with Crippen LogP contribution in [0.5, 0.6) is 5.75 Å². The van der Waals surface area contributed by atoms with Gasteiger partial charge in [-0.2, -0.15) is 8.78 Å². The van der Waals surface area contributed by atoms with Gasteiger partial charge in [-0.1, -0.05) is 38.3 Å². The van der Waals surface area contributed by atoms with Crippen LogP contribution in [0.1, 0.15) is 101 Å². The molecule has 1 aliphatic heterocycles. The highest BCUT2D eigenvalue weighted by Gasteiger charge is 2.44. The smallest absolute Gasteiger partial charge is 0.400 e. The summed E-state index contributed by atoms with van der Waals surface area (Å²) < 4.78 is 107. The summed E-state index contributed by atoms with van der Waals surface area (Å²) in [5.74, 6) is -6.14. The van der Waals surface area contributed by atoms with Crippen LogP contribution in [-0.4, -0.2) is 31.7 Å². The fraction of sp³-hybridized carbons (Fsp3) is 0.657. The summed E-state index contributed by atoms with van der Waals surface area (Å²) in [5.41, 5.74) is 1.39. The summed E-state index contributed by atoms with van der Waals surface area (Å²) >= 11 is 0. The van der Waals surface area contributed by atoms with Gasteiger partial charge in [0, 0.05) is 29.5 Å². The number of hydrogen-bond donors (Lipinski definition) is 0. The average molecular weight is 643 g/mol. The first kappa shape index (κ1) is 34.0. The zero-order valence-electron chi connectivity index (χ0n) is 25.9. The third-order valence-electron chi connectivity index (χ3n) is 9.75. The Morgan fingerprint density at radius 3 is 2.09 bits per heavy atom. The van der Waals surface area contributed by atoms with Crippen LogP contribution in [-0.2, 0) is 20.8 Å². The van der Waals surface area contributed by atoms with Crippen LogP contribution in [0.25, 0.3) is 0 Å². The number of halogens is 6. The largest absolute Gasteiger partial charge is 0.432 e. The first-order valence-electron chi connectivity index (χ1n) is 16.5. The van der Waals surface area contributed by atoms with Gasteiger partial charge in [-0.05, 0) is 75.3 Å². The Morgan fingerprint density at radius 2 is 1.47 bits per heavy atom. The van der Waals surface area contributed by atoms with Gasteiger partial charge >= 0.3 is 6.11 Å². The van der Waals surface area contributed by atoms with E-state index >= 15 is 4.39 Å². The van der Waals surface area contributed by atoms with E-state index in [0.717, 1.165) is 50.9 Å². The van der Waals surface area contributed by atoms with Crippen LogP contribution in [0.4, 0.5) is 26.3 Å². The Hall–Kier alpha value is -2.30. The molecule has 2 aromatic carbocycles. The van der Waals surface area contributed by atoms with Gasteiger partial charge in [0.05, 0.1) is 31.8 Å². The van der Waals surface area contributed by atoms with E-state index in [2.05, 4.69) is 11.7 Å². The maximum Gasteiger partial charge on any atom is 0.400 e. The van der Waals surface area contributed by atoms with Crippen LogP contribution in [0.3, 0.4) is 0 Å². The van der Waals surface area contributed by atoms with Gasteiger partial charge in [-0.25, -0.2) is 17.6 Å². The fourth-order valence-corrected chi connectivity index (χ4v) is 6.94. The molecule has 0 radical (unpaired) electrons. The van der Waals surface area contributed by atoms with Crippen molar-refractivity contribution in [2.45, 2.75) is 115 Å². The molecule has 0 N–H and O–H groups in total. The van der Waals surface area contributed by atoms with E-state index in [1.165, 1.54) is 19.3 Å². The number of benzene rings is 2. The van der Waals surface area contributed by atoms with Crippen LogP contribution in [0, 0.1) is 41.0 Å². The van der Waals surface area contributed by atoms with Crippen molar-refractivity contribution in [2.75, 3.05) is 13.2 Å². The van der Waals surface area contributed by atoms with Gasteiger partial charge in [0.2, 0.25) is 0 Å². The zero-order chi connectivity index (χ0) is 32.0. The second-order valence-electron chi connectivity index (χ2n) is 13.0. The third-order valence-corrected chi connectivity index (χ3v) is 9.75. The monoisotopic (exact) mass is 642 g/mol. The van der Waals surface area contributed by atoms with Crippen molar-refractivity contribution in [3.63, 3.8) is 0 Å². The SMILES string of the molecule is CCCCCC1COC(C2CCC(c3ccc(COC4CCC(C(F)(F)Oc5cc(F)c(F)c(F)c5)CC4)c(F)c3)CC2)OC1. The van der Waals surface area contributed by atoms with Crippen molar-refractivity contribution in [2.24, 2.45) is 17.8 Å². The van der Waals surface area contributed by atoms with E-state index in [4.69, 9.17) is 14.2 Å². The Labute approximate surface area is 261 Å². The Balaban J connectivity index is 1.03. The number of hydrogen-bond acceptors (Lipinski definition) is 4. The molecule has 1 heterocycles. The van der Waals surface area contributed by atoms with Gasteiger partial charge in [0.1, 0.15) is 11.6 Å². The summed E-state index contributed by atoms with van der Waals surface area (Å²) in [7, 11) is 0. The van der Waals surface area contributed by atoms with Crippen molar-refractivity contribution in [3.05, 3.63) is 64.7 Å². The average Bonchev–Trinajstić information content (AvgIpc) is 3.03. The molecule has 0 aromatic heterocycles. The van der Waals surface area contributed by atoms with Crippen molar-refractivity contribution >= 4 is 0 Å². The standard InChI is InChI=1S/C35H44F6O4/c1-2-3-4-5-22-19-43-34(44-20-22)24-8-6-23(7-9-24)25-10-11-26(30(36)16-25)21-42-28-14-12-27(13-15-28)35(40,41)45-29-17-31(37)33(39)32(38)18-29/h10-11,16-18,22-24,27-28,34H,2-9,12-15,19-21H2,1H3. The number of rotatable bonds is 12. The highest BCUT2D eigenvalue weighted by atomic mass is 19.3. The van der Waals surface area contributed by atoms with Crippen molar-refractivity contribution in [3.8, 4) is 5.75 Å². The molecule has 3 fully saturated rings. The van der Waals surface area contributed by atoms with Gasteiger partial charge in [-0.15, -0.1) is 0 Å². The molecule has 10 heteroatoms.